The van der Waals surface area contributed by atoms with Crippen molar-refractivity contribution in [3.8, 4) is 0 Å². The van der Waals surface area contributed by atoms with Gasteiger partial charge in [0.2, 0.25) is 0 Å². The summed E-state index contributed by atoms with van der Waals surface area (Å²) in [5, 5.41) is 15.7. The molecule has 1 aliphatic carbocycles. The van der Waals surface area contributed by atoms with Gasteiger partial charge in [-0.2, -0.15) is 10.1 Å². The average molecular weight is 442 g/mol. The summed E-state index contributed by atoms with van der Waals surface area (Å²) in [4.78, 5) is 18.0. The second-order valence-corrected chi connectivity index (χ2v) is 8.28. The van der Waals surface area contributed by atoms with Crippen molar-refractivity contribution in [2.24, 2.45) is 21.4 Å². The Morgan fingerprint density at radius 3 is 2.78 bits per heavy atom. The summed E-state index contributed by atoms with van der Waals surface area (Å²) in [6.45, 7) is 10.4. The number of carbonyl (C=O) groups is 1. The van der Waals surface area contributed by atoms with E-state index in [1.165, 1.54) is 14.1 Å². The summed E-state index contributed by atoms with van der Waals surface area (Å²) >= 11 is 0. The van der Waals surface area contributed by atoms with Crippen molar-refractivity contribution >= 4 is 17.4 Å². The quantitative estimate of drug-likeness (QED) is 0.304. The highest BCUT2D eigenvalue weighted by Gasteiger charge is 2.15. The van der Waals surface area contributed by atoms with Crippen molar-refractivity contribution < 1.29 is 14.4 Å². The van der Waals surface area contributed by atoms with Crippen LogP contribution in [-0.2, 0) is 16.2 Å². The van der Waals surface area contributed by atoms with E-state index in [0.29, 0.717) is 11.6 Å². The van der Waals surface area contributed by atoms with E-state index in [2.05, 4.69) is 39.9 Å². The van der Waals surface area contributed by atoms with E-state index in [-0.39, 0.29) is 18.7 Å². The number of hydrogen-bond acceptors (Lipinski definition) is 6. The fraction of sp³-hybridized carbons (Fsp3) is 0.500. The first-order valence-electron chi connectivity index (χ1n) is 10.9. The largest absolute Gasteiger partial charge is 0.495 e. The first kappa shape index (κ1) is 25.1. The fourth-order valence-corrected chi connectivity index (χ4v) is 3.31. The molecular formula is C24H35N5O3. The monoisotopic (exact) mass is 441 g/mol. The van der Waals surface area contributed by atoms with E-state index in [0.717, 1.165) is 46.0 Å². The Bertz CT molecular complexity index is 914. The molecule has 0 bridgehead atoms. The molecule has 174 valence electrons. The number of allylic oxidation sites excluding steroid dienone is 4. The Hall–Kier alpha value is -3.16. The maximum absolute atomic E-state index is 12.3. The highest BCUT2D eigenvalue weighted by atomic mass is 16.6. The Labute approximate surface area is 191 Å². The van der Waals surface area contributed by atoms with Crippen LogP contribution in [0.4, 0.5) is 10.5 Å². The average Bonchev–Trinajstić information content (AvgIpc) is 2.90. The molecule has 0 aromatic heterocycles. The van der Waals surface area contributed by atoms with Gasteiger partial charge in [0.25, 0.3) is 0 Å². The smallest absolute Gasteiger partial charge is 0.343 e. The molecule has 0 saturated heterocycles. The van der Waals surface area contributed by atoms with E-state index in [4.69, 9.17) is 9.57 Å². The number of carbonyl (C=O) groups excluding carboxylic acids is 1. The lowest BCUT2D eigenvalue weighted by Gasteiger charge is -2.16. The molecule has 0 heterocycles. The number of nitrogens with zero attached hydrogens (tertiary/aromatic N) is 4. The number of anilines is 1. The van der Waals surface area contributed by atoms with Crippen LogP contribution in [0.1, 0.15) is 51.7 Å². The lowest BCUT2D eigenvalue weighted by atomic mass is 10.0. The molecule has 8 nitrogen and oxygen atoms in total. The minimum absolute atomic E-state index is 0.133. The molecule has 8 heteroatoms. The SMILES string of the molecule is C/N=N\N(C)C(=O)Nc1cccc(C)c1CO/N=C(/C)C1=CC[C@@H](C)CC(OC(C)C)=C1. The van der Waals surface area contributed by atoms with Crippen LogP contribution < -0.4 is 5.32 Å². The van der Waals surface area contributed by atoms with E-state index in [1.807, 2.05) is 45.9 Å². The third kappa shape index (κ3) is 7.51. The zero-order valence-corrected chi connectivity index (χ0v) is 20.2. The number of oxime groups is 1. The van der Waals surface area contributed by atoms with Gasteiger partial charge in [-0.15, -0.1) is 0 Å². The van der Waals surface area contributed by atoms with Crippen LogP contribution in [0.2, 0.25) is 0 Å². The molecular weight excluding hydrogens is 406 g/mol. The summed E-state index contributed by atoms with van der Waals surface area (Å²) in [6.07, 6.45) is 6.24. The van der Waals surface area contributed by atoms with Crippen molar-refractivity contribution in [2.75, 3.05) is 19.4 Å². The highest BCUT2D eigenvalue weighted by Crippen LogP contribution is 2.25. The molecule has 0 spiro atoms. The van der Waals surface area contributed by atoms with E-state index in [1.54, 1.807) is 0 Å². The number of rotatable bonds is 8. The van der Waals surface area contributed by atoms with Gasteiger partial charge >= 0.3 is 6.03 Å². The second kappa shape index (κ2) is 12.0. The van der Waals surface area contributed by atoms with Crippen molar-refractivity contribution in [1.29, 1.82) is 0 Å². The lowest BCUT2D eigenvalue weighted by Crippen LogP contribution is -2.27. The zero-order chi connectivity index (χ0) is 23.7. The van der Waals surface area contributed by atoms with Gasteiger partial charge in [0.1, 0.15) is 6.61 Å². The van der Waals surface area contributed by atoms with Crippen molar-refractivity contribution in [2.45, 2.75) is 60.2 Å². The Morgan fingerprint density at radius 2 is 2.09 bits per heavy atom. The van der Waals surface area contributed by atoms with Crippen LogP contribution in [0, 0.1) is 12.8 Å². The normalized spacial score (nSPS) is 17.0. The number of hydrogen-bond donors (Lipinski definition) is 1. The van der Waals surface area contributed by atoms with Gasteiger partial charge in [0.15, 0.2) is 0 Å². The van der Waals surface area contributed by atoms with Gasteiger partial charge in [-0.05, 0) is 63.3 Å². The first-order valence-corrected chi connectivity index (χ1v) is 10.9. The van der Waals surface area contributed by atoms with Gasteiger partial charge in [0, 0.05) is 24.7 Å². The van der Waals surface area contributed by atoms with E-state index >= 15 is 0 Å². The molecule has 1 aromatic carbocycles. The van der Waals surface area contributed by atoms with Gasteiger partial charge in [0.05, 0.1) is 24.6 Å². The lowest BCUT2D eigenvalue weighted by molar-refractivity contribution is 0.130. The third-order valence-corrected chi connectivity index (χ3v) is 4.99. The molecule has 2 amide bonds. The van der Waals surface area contributed by atoms with Crippen LogP contribution in [-0.4, -0.2) is 37.0 Å². The number of urea groups is 1. The minimum atomic E-state index is -0.386. The Kier molecular flexibility index (Phi) is 9.43. The van der Waals surface area contributed by atoms with Crippen molar-refractivity contribution in [1.82, 2.24) is 5.01 Å². The molecule has 1 N–H and O–H groups in total. The first-order chi connectivity index (χ1) is 15.2. The molecule has 1 atom stereocenters. The summed E-state index contributed by atoms with van der Waals surface area (Å²) in [5.41, 5.74) is 4.28. The minimum Gasteiger partial charge on any atom is -0.495 e. The van der Waals surface area contributed by atoms with Gasteiger partial charge in [-0.1, -0.05) is 35.5 Å². The number of amides is 2. The number of nitrogens with one attached hydrogen (secondary N) is 1. The topological polar surface area (TPSA) is 87.9 Å². The Morgan fingerprint density at radius 1 is 1.34 bits per heavy atom. The van der Waals surface area contributed by atoms with Gasteiger partial charge < -0.3 is 14.9 Å². The maximum atomic E-state index is 12.3. The molecule has 0 fully saturated rings. The van der Waals surface area contributed by atoms with Crippen molar-refractivity contribution in [3.05, 3.63) is 52.8 Å². The van der Waals surface area contributed by atoms with Crippen LogP contribution in [0.15, 0.2) is 57.2 Å². The number of aryl methyl sites for hydroxylation is 1. The molecule has 1 aromatic rings. The number of ether oxygens (including phenoxy) is 1. The molecule has 0 aliphatic heterocycles. The third-order valence-electron chi connectivity index (χ3n) is 4.99. The molecule has 1 aliphatic rings. The maximum Gasteiger partial charge on any atom is 0.343 e. The molecule has 32 heavy (non-hydrogen) atoms. The molecule has 0 saturated carbocycles. The highest BCUT2D eigenvalue weighted by molar-refractivity contribution is 6.00. The predicted molar refractivity (Wildman–Crippen MR) is 127 cm³/mol. The van der Waals surface area contributed by atoms with Crippen molar-refractivity contribution in [3.63, 3.8) is 0 Å². The van der Waals surface area contributed by atoms with Crippen LogP contribution in [0.5, 0.6) is 0 Å². The summed E-state index contributed by atoms with van der Waals surface area (Å²) in [6, 6.07) is 5.28. The Balaban J connectivity index is 2.14. The zero-order valence-electron chi connectivity index (χ0n) is 20.2. The fourth-order valence-electron chi connectivity index (χ4n) is 3.31. The summed E-state index contributed by atoms with van der Waals surface area (Å²) in [5.74, 6) is 1.48. The van der Waals surface area contributed by atoms with E-state index in [9.17, 15) is 4.79 Å². The summed E-state index contributed by atoms with van der Waals surface area (Å²) < 4.78 is 5.97. The standard InChI is InChI=1S/C24H35N5O3/c1-16(2)32-21-13-17(3)11-12-20(14-21)19(5)27-31-15-22-18(4)9-8-10-23(22)26-24(30)29(7)28-25-6/h8-10,12,14,16-17H,11,13,15H2,1-7H3,(H,26,30)/b27-19-,28-25-/t17-/m1/s1. The summed E-state index contributed by atoms with van der Waals surface area (Å²) in [7, 11) is 3.04. The molecule has 2 rings (SSSR count). The molecule has 0 radical (unpaired) electrons. The second-order valence-electron chi connectivity index (χ2n) is 8.28. The van der Waals surface area contributed by atoms with E-state index < -0.39 is 0 Å². The number of benzene rings is 1. The van der Waals surface area contributed by atoms with Crippen LogP contribution >= 0.6 is 0 Å². The predicted octanol–water partition coefficient (Wildman–Crippen LogP) is 6.01. The van der Waals surface area contributed by atoms with Gasteiger partial charge in [-0.25, -0.2) is 4.79 Å². The van der Waals surface area contributed by atoms with Crippen LogP contribution in [0.25, 0.3) is 0 Å². The van der Waals surface area contributed by atoms with Gasteiger partial charge in [-0.3, -0.25) is 0 Å². The van der Waals surface area contributed by atoms with Crippen LogP contribution in [0.3, 0.4) is 0 Å². The molecule has 0 unspecified atom stereocenters.